The third-order valence-corrected chi connectivity index (χ3v) is 2.43. The molecule has 0 atom stereocenters. The SMILES string of the molecule is FC(F)Oc1c(Cl)ccc(Cl)c1S. The van der Waals surface area contributed by atoms with Crippen LogP contribution >= 0.6 is 35.8 Å². The predicted octanol–water partition coefficient (Wildman–Crippen LogP) is 3.88. The zero-order valence-corrected chi connectivity index (χ0v) is 8.51. The second-order valence-corrected chi connectivity index (χ2v) is 3.35. The molecule has 0 radical (unpaired) electrons. The maximum Gasteiger partial charge on any atom is 0.387 e. The highest BCUT2D eigenvalue weighted by molar-refractivity contribution is 7.80. The van der Waals surface area contributed by atoms with Crippen LogP contribution in [0.5, 0.6) is 5.75 Å². The summed E-state index contributed by atoms with van der Waals surface area (Å²) in [5, 5.41) is 0.262. The van der Waals surface area contributed by atoms with Crippen LogP contribution in [0.15, 0.2) is 17.0 Å². The number of halogens is 4. The van der Waals surface area contributed by atoms with E-state index in [9.17, 15) is 8.78 Å². The first-order valence-corrected chi connectivity index (χ1v) is 4.34. The van der Waals surface area contributed by atoms with Gasteiger partial charge >= 0.3 is 6.61 Å². The zero-order chi connectivity index (χ0) is 10.0. The van der Waals surface area contributed by atoms with E-state index in [2.05, 4.69) is 17.4 Å². The van der Waals surface area contributed by atoms with Gasteiger partial charge in [-0.15, -0.1) is 12.6 Å². The molecule has 0 heterocycles. The highest BCUT2D eigenvalue weighted by atomic mass is 35.5. The van der Waals surface area contributed by atoms with Gasteiger partial charge in [0.05, 0.1) is 14.9 Å². The summed E-state index contributed by atoms with van der Waals surface area (Å²) in [5.74, 6) is -0.201. The Kier molecular flexibility index (Phi) is 3.64. The van der Waals surface area contributed by atoms with E-state index in [4.69, 9.17) is 23.2 Å². The van der Waals surface area contributed by atoms with Gasteiger partial charge in [-0.05, 0) is 12.1 Å². The summed E-state index contributed by atoms with van der Waals surface area (Å²) in [6.07, 6.45) is 0. The largest absolute Gasteiger partial charge is 0.432 e. The molecule has 1 rings (SSSR count). The average molecular weight is 245 g/mol. The van der Waals surface area contributed by atoms with Gasteiger partial charge in [-0.3, -0.25) is 0 Å². The summed E-state index contributed by atoms with van der Waals surface area (Å²) in [6.45, 7) is -2.94. The molecule has 0 saturated carbocycles. The van der Waals surface area contributed by atoms with Crippen molar-refractivity contribution in [2.45, 2.75) is 11.5 Å². The Labute approximate surface area is 89.0 Å². The van der Waals surface area contributed by atoms with E-state index < -0.39 is 6.61 Å². The monoisotopic (exact) mass is 244 g/mol. The van der Waals surface area contributed by atoms with Crippen LogP contribution in [-0.2, 0) is 0 Å². The van der Waals surface area contributed by atoms with E-state index in [1.165, 1.54) is 12.1 Å². The molecule has 1 aromatic rings. The summed E-state index contributed by atoms with van der Waals surface area (Å²) in [6, 6.07) is 2.81. The van der Waals surface area contributed by atoms with Crippen LogP contribution in [0, 0.1) is 0 Å². The van der Waals surface area contributed by atoms with E-state index in [-0.39, 0.29) is 20.7 Å². The molecule has 0 aromatic heterocycles. The van der Waals surface area contributed by atoms with Crippen molar-refractivity contribution in [2.75, 3.05) is 0 Å². The summed E-state index contributed by atoms with van der Waals surface area (Å²) in [4.78, 5) is 0.106. The predicted molar refractivity (Wildman–Crippen MR) is 50.3 cm³/mol. The molecule has 0 unspecified atom stereocenters. The van der Waals surface area contributed by atoms with Crippen molar-refractivity contribution in [1.82, 2.24) is 0 Å². The standard InChI is InChI=1S/C7H4Cl2F2OS/c8-3-1-2-4(9)6(13)5(3)12-7(10)11/h1-2,7,13H. The maximum absolute atomic E-state index is 11.9. The maximum atomic E-state index is 11.9. The van der Waals surface area contributed by atoms with Gasteiger partial charge in [-0.2, -0.15) is 8.78 Å². The third kappa shape index (κ3) is 2.62. The van der Waals surface area contributed by atoms with Gasteiger partial charge in [0.25, 0.3) is 0 Å². The summed E-state index contributed by atoms with van der Waals surface area (Å²) < 4.78 is 27.8. The second-order valence-electron chi connectivity index (χ2n) is 2.09. The molecule has 0 fully saturated rings. The Hall–Kier alpha value is -0.190. The molecule has 0 spiro atoms. The summed E-state index contributed by atoms with van der Waals surface area (Å²) in [7, 11) is 0. The summed E-state index contributed by atoms with van der Waals surface area (Å²) >= 11 is 15.1. The number of benzene rings is 1. The number of rotatable bonds is 2. The van der Waals surface area contributed by atoms with E-state index in [1.807, 2.05) is 0 Å². The lowest BCUT2D eigenvalue weighted by atomic mass is 10.3. The lowest BCUT2D eigenvalue weighted by molar-refractivity contribution is -0.0515. The fourth-order valence-electron chi connectivity index (χ4n) is 0.724. The molecular weight excluding hydrogens is 241 g/mol. The van der Waals surface area contributed by atoms with Crippen molar-refractivity contribution >= 4 is 35.8 Å². The molecule has 0 bridgehead atoms. The van der Waals surface area contributed by atoms with Gasteiger partial charge in [-0.1, -0.05) is 23.2 Å². The van der Waals surface area contributed by atoms with Gasteiger partial charge in [0.15, 0.2) is 5.75 Å². The van der Waals surface area contributed by atoms with Gasteiger partial charge in [0, 0.05) is 0 Å². The average Bonchev–Trinajstić information content (AvgIpc) is 2.05. The molecule has 0 amide bonds. The van der Waals surface area contributed by atoms with E-state index in [0.717, 1.165) is 0 Å². The lowest BCUT2D eigenvalue weighted by Crippen LogP contribution is -2.03. The van der Waals surface area contributed by atoms with Gasteiger partial charge in [-0.25, -0.2) is 0 Å². The Balaban J connectivity index is 3.10. The molecule has 1 aromatic carbocycles. The van der Waals surface area contributed by atoms with Crippen molar-refractivity contribution in [2.24, 2.45) is 0 Å². The zero-order valence-electron chi connectivity index (χ0n) is 6.10. The minimum atomic E-state index is -2.94. The number of ether oxygens (including phenoxy) is 1. The highest BCUT2D eigenvalue weighted by Crippen LogP contribution is 2.37. The number of hydrogen-bond acceptors (Lipinski definition) is 2. The minimum absolute atomic E-state index is 0.0506. The highest BCUT2D eigenvalue weighted by Gasteiger charge is 2.13. The number of thiol groups is 1. The fraction of sp³-hybridized carbons (Fsp3) is 0.143. The van der Waals surface area contributed by atoms with Gasteiger partial charge in [0.2, 0.25) is 0 Å². The normalized spacial score (nSPS) is 10.6. The Morgan fingerprint density at radius 1 is 1.23 bits per heavy atom. The Morgan fingerprint density at radius 3 is 2.31 bits per heavy atom. The number of alkyl halides is 2. The molecule has 0 saturated heterocycles. The lowest BCUT2D eigenvalue weighted by Gasteiger charge is -2.09. The van der Waals surface area contributed by atoms with E-state index in [1.54, 1.807) is 0 Å². The summed E-state index contributed by atoms with van der Waals surface area (Å²) in [5.41, 5.74) is 0. The molecule has 0 aliphatic rings. The van der Waals surface area contributed by atoms with E-state index in [0.29, 0.717) is 0 Å². The molecule has 0 N–H and O–H groups in total. The first kappa shape index (κ1) is 10.9. The molecular formula is C7H4Cl2F2OS. The van der Waals surface area contributed by atoms with Crippen molar-refractivity contribution < 1.29 is 13.5 Å². The van der Waals surface area contributed by atoms with Crippen LogP contribution < -0.4 is 4.74 Å². The first-order chi connectivity index (χ1) is 6.02. The van der Waals surface area contributed by atoms with Crippen molar-refractivity contribution in [3.05, 3.63) is 22.2 Å². The minimum Gasteiger partial charge on any atom is -0.432 e. The third-order valence-electron chi connectivity index (χ3n) is 1.24. The van der Waals surface area contributed by atoms with Crippen LogP contribution in [0.25, 0.3) is 0 Å². The van der Waals surface area contributed by atoms with Gasteiger partial charge in [0.1, 0.15) is 0 Å². The smallest absolute Gasteiger partial charge is 0.387 e. The fourth-order valence-corrected chi connectivity index (χ4v) is 1.39. The van der Waals surface area contributed by atoms with E-state index >= 15 is 0 Å². The van der Waals surface area contributed by atoms with Crippen molar-refractivity contribution in [1.29, 1.82) is 0 Å². The molecule has 6 heteroatoms. The molecule has 0 aliphatic carbocycles. The van der Waals surface area contributed by atoms with Crippen LogP contribution in [0.1, 0.15) is 0 Å². The quantitative estimate of drug-likeness (QED) is 0.778. The number of hydrogen-bond donors (Lipinski definition) is 1. The van der Waals surface area contributed by atoms with Crippen molar-refractivity contribution in [3.8, 4) is 5.75 Å². The topological polar surface area (TPSA) is 9.23 Å². The van der Waals surface area contributed by atoms with Crippen LogP contribution in [0.2, 0.25) is 10.0 Å². The Morgan fingerprint density at radius 2 is 1.77 bits per heavy atom. The van der Waals surface area contributed by atoms with Crippen LogP contribution in [0.4, 0.5) is 8.78 Å². The first-order valence-electron chi connectivity index (χ1n) is 3.14. The molecule has 1 nitrogen and oxygen atoms in total. The van der Waals surface area contributed by atoms with Crippen LogP contribution in [0.3, 0.4) is 0 Å². The molecule has 13 heavy (non-hydrogen) atoms. The molecule has 72 valence electrons. The van der Waals surface area contributed by atoms with Crippen molar-refractivity contribution in [3.63, 3.8) is 0 Å². The Bertz CT molecular complexity index is 320. The van der Waals surface area contributed by atoms with Crippen LogP contribution in [-0.4, -0.2) is 6.61 Å². The second kappa shape index (κ2) is 4.35. The molecule has 0 aliphatic heterocycles. The van der Waals surface area contributed by atoms with Gasteiger partial charge < -0.3 is 4.74 Å².